The summed E-state index contributed by atoms with van der Waals surface area (Å²) in [5.41, 5.74) is -7.04. The molecule has 0 aliphatic carbocycles. The normalized spacial score (nSPS) is 15.7. The van der Waals surface area contributed by atoms with Crippen LogP contribution in [0.1, 0.15) is 139 Å². The van der Waals surface area contributed by atoms with Crippen molar-refractivity contribution in [1.29, 1.82) is 0 Å². The maximum atomic E-state index is 13.3. The van der Waals surface area contributed by atoms with Crippen LogP contribution in [-0.2, 0) is 14.4 Å². The van der Waals surface area contributed by atoms with Gasteiger partial charge in [-0.3, -0.25) is 9.59 Å². The summed E-state index contributed by atoms with van der Waals surface area (Å²) in [5.74, 6) is -6.47. The average molecular weight is 529 g/mol. The summed E-state index contributed by atoms with van der Waals surface area (Å²) in [6.07, 6.45) is 6.66. The number of aliphatic hydroxyl groups is 1. The lowest BCUT2D eigenvalue weighted by Gasteiger charge is -2.51. The molecule has 0 saturated carbocycles. The van der Waals surface area contributed by atoms with Crippen LogP contribution in [0, 0.1) is 27.6 Å². The van der Waals surface area contributed by atoms with Gasteiger partial charge in [-0.2, -0.15) is 0 Å². The smallest absolute Gasteiger partial charge is 0.337 e. The highest BCUT2D eigenvalue weighted by atomic mass is 16.4. The fraction of sp³-hybridized carbons (Fsp3) is 0.900. The lowest BCUT2D eigenvalue weighted by molar-refractivity contribution is -0.216. The molecule has 7 heteroatoms. The molecular formula is C30H56O7. The number of carboxylic acid groups (broad SMARTS) is 3. The zero-order valence-electron chi connectivity index (χ0n) is 25.1. The molecule has 2 unspecified atom stereocenters. The van der Waals surface area contributed by atoms with Gasteiger partial charge >= 0.3 is 17.9 Å². The number of rotatable bonds is 20. The van der Waals surface area contributed by atoms with Gasteiger partial charge in [-0.05, 0) is 54.8 Å². The van der Waals surface area contributed by atoms with Gasteiger partial charge in [-0.1, -0.05) is 101 Å². The molecule has 0 aromatic heterocycles. The molecule has 0 radical (unpaired) electrons. The summed E-state index contributed by atoms with van der Waals surface area (Å²) in [6.45, 7) is 17.4. The van der Waals surface area contributed by atoms with E-state index in [0.717, 1.165) is 38.5 Å². The van der Waals surface area contributed by atoms with Crippen molar-refractivity contribution < 1.29 is 34.8 Å². The first-order valence-corrected chi connectivity index (χ1v) is 14.2. The molecule has 0 aromatic rings. The lowest BCUT2D eigenvalue weighted by atomic mass is 9.52. The third kappa shape index (κ3) is 9.56. The van der Waals surface area contributed by atoms with Crippen LogP contribution in [0.4, 0.5) is 0 Å². The van der Waals surface area contributed by atoms with Gasteiger partial charge in [0.25, 0.3) is 0 Å². The van der Waals surface area contributed by atoms with Crippen LogP contribution < -0.4 is 0 Å². The van der Waals surface area contributed by atoms with Crippen molar-refractivity contribution >= 4 is 17.9 Å². The van der Waals surface area contributed by atoms with Crippen molar-refractivity contribution in [2.45, 2.75) is 145 Å². The fourth-order valence-electron chi connectivity index (χ4n) is 6.18. The Morgan fingerprint density at radius 2 is 0.973 bits per heavy atom. The second kappa shape index (κ2) is 14.0. The molecule has 0 saturated heterocycles. The minimum absolute atomic E-state index is 0.132. The largest absolute Gasteiger partial charge is 0.481 e. The molecule has 4 N–H and O–H groups in total. The molecule has 0 amide bonds. The summed E-state index contributed by atoms with van der Waals surface area (Å²) in [7, 11) is 0. The zero-order valence-corrected chi connectivity index (χ0v) is 25.1. The number of aliphatic carboxylic acids is 3. The van der Waals surface area contributed by atoms with Gasteiger partial charge in [-0.15, -0.1) is 0 Å². The van der Waals surface area contributed by atoms with Gasteiger partial charge in [0.15, 0.2) is 5.60 Å². The molecule has 0 bridgehead atoms. The first-order chi connectivity index (χ1) is 16.8. The summed E-state index contributed by atoms with van der Waals surface area (Å²) >= 11 is 0. The van der Waals surface area contributed by atoms with Crippen LogP contribution in [0.15, 0.2) is 0 Å². The van der Waals surface area contributed by atoms with Gasteiger partial charge < -0.3 is 20.4 Å². The third-order valence-electron chi connectivity index (χ3n) is 8.21. The maximum Gasteiger partial charge on any atom is 0.337 e. The molecule has 0 aromatic carbocycles. The highest BCUT2D eigenvalue weighted by molar-refractivity contribution is 5.93. The lowest BCUT2D eigenvalue weighted by Crippen LogP contribution is -2.66. The zero-order chi connectivity index (χ0) is 29.3. The van der Waals surface area contributed by atoms with Crippen LogP contribution in [-0.4, -0.2) is 43.9 Å². The molecular weight excluding hydrogens is 472 g/mol. The number of hydrogen-bond acceptors (Lipinski definition) is 4. The van der Waals surface area contributed by atoms with Gasteiger partial charge in [0.1, 0.15) is 5.41 Å². The number of unbranched alkanes of at least 4 members (excludes halogenated alkanes) is 3. The molecule has 218 valence electrons. The standard InChI is InChI=1S/C30H56O7/c1-10-13-16-26(4,5)19-22(23(31)32)30(37,25(35)36)29(24(33)34,20-27(6,7)17-14-11-2)21-28(8,9)18-15-12-3/h22,37H,10-21H2,1-9H3,(H,31,32)(H,33,34)(H,35,36). The predicted molar refractivity (Wildman–Crippen MR) is 148 cm³/mol. The SMILES string of the molecule is CCCCC(C)(C)CC(C(=O)O)C(O)(C(=O)O)C(CC(C)(C)CCCC)(CC(C)(C)CCCC)C(=O)O. The molecule has 7 nitrogen and oxygen atoms in total. The minimum atomic E-state index is -3.00. The Morgan fingerprint density at radius 3 is 1.24 bits per heavy atom. The second-order valence-corrected chi connectivity index (χ2v) is 13.7. The Hall–Kier alpha value is -1.63. The molecule has 0 aliphatic heterocycles. The van der Waals surface area contributed by atoms with Gasteiger partial charge in [0, 0.05) is 0 Å². The first-order valence-electron chi connectivity index (χ1n) is 14.2. The van der Waals surface area contributed by atoms with Crippen LogP contribution in [0.2, 0.25) is 0 Å². The maximum absolute atomic E-state index is 13.3. The highest BCUT2D eigenvalue weighted by Gasteiger charge is 2.68. The highest BCUT2D eigenvalue weighted by Crippen LogP contribution is 2.56. The Morgan fingerprint density at radius 1 is 0.622 bits per heavy atom. The fourth-order valence-corrected chi connectivity index (χ4v) is 6.18. The van der Waals surface area contributed by atoms with Gasteiger partial charge in [0.2, 0.25) is 0 Å². The first kappa shape index (κ1) is 35.4. The van der Waals surface area contributed by atoms with E-state index in [2.05, 4.69) is 0 Å². The Bertz CT molecular complexity index is 731. The van der Waals surface area contributed by atoms with E-state index in [1.807, 2.05) is 62.3 Å². The van der Waals surface area contributed by atoms with Crippen molar-refractivity contribution in [3.8, 4) is 0 Å². The Kier molecular flexibility index (Phi) is 13.3. The van der Waals surface area contributed by atoms with Crippen molar-refractivity contribution in [3.05, 3.63) is 0 Å². The summed E-state index contributed by atoms with van der Waals surface area (Å²) in [4.78, 5) is 39.1. The van der Waals surface area contributed by atoms with E-state index in [4.69, 9.17) is 0 Å². The molecule has 2 atom stereocenters. The predicted octanol–water partition coefficient (Wildman–Crippen LogP) is 7.39. The van der Waals surface area contributed by atoms with Crippen molar-refractivity contribution in [2.24, 2.45) is 27.6 Å². The van der Waals surface area contributed by atoms with E-state index in [0.29, 0.717) is 19.3 Å². The van der Waals surface area contributed by atoms with Crippen molar-refractivity contribution in [1.82, 2.24) is 0 Å². The summed E-state index contributed by atoms with van der Waals surface area (Å²) in [5, 5.41) is 44.0. The molecule has 0 aliphatic rings. The Balaban J connectivity index is 7.25. The van der Waals surface area contributed by atoms with Crippen LogP contribution in [0.5, 0.6) is 0 Å². The molecule has 0 spiro atoms. The minimum Gasteiger partial charge on any atom is -0.481 e. The molecule has 37 heavy (non-hydrogen) atoms. The number of hydrogen-bond donors (Lipinski definition) is 4. The monoisotopic (exact) mass is 528 g/mol. The quantitative estimate of drug-likeness (QED) is 0.129. The van der Waals surface area contributed by atoms with E-state index in [9.17, 15) is 34.8 Å². The van der Waals surface area contributed by atoms with Crippen LogP contribution in [0.25, 0.3) is 0 Å². The number of carbonyl (C=O) groups is 3. The summed E-state index contributed by atoms with van der Waals surface area (Å²) < 4.78 is 0. The Labute approximate surface area is 225 Å². The van der Waals surface area contributed by atoms with Crippen LogP contribution >= 0.6 is 0 Å². The third-order valence-corrected chi connectivity index (χ3v) is 8.21. The summed E-state index contributed by atoms with van der Waals surface area (Å²) in [6, 6.07) is 0. The average Bonchev–Trinajstić information content (AvgIpc) is 2.76. The van der Waals surface area contributed by atoms with E-state index in [-0.39, 0.29) is 19.3 Å². The topological polar surface area (TPSA) is 132 Å². The molecule has 0 rings (SSSR count). The van der Waals surface area contributed by atoms with E-state index in [1.165, 1.54) is 0 Å². The van der Waals surface area contributed by atoms with Gasteiger partial charge in [0.05, 0.1) is 5.92 Å². The second-order valence-electron chi connectivity index (χ2n) is 13.7. The van der Waals surface area contributed by atoms with Gasteiger partial charge in [-0.25, -0.2) is 4.79 Å². The van der Waals surface area contributed by atoms with Crippen molar-refractivity contribution in [3.63, 3.8) is 0 Å². The van der Waals surface area contributed by atoms with Crippen LogP contribution in [0.3, 0.4) is 0 Å². The number of carboxylic acids is 3. The van der Waals surface area contributed by atoms with E-state index in [1.54, 1.807) is 0 Å². The van der Waals surface area contributed by atoms with E-state index >= 15 is 0 Å². The molecule has 0 heterocycles. The van der Waals surface area contributed by atoms with E-state index < -0.39 is 51.1 Å². The van der Waals surface area contributed by atoms with Crippen molar-refractivity contribution in [2.75, 3.05) is 0 Å². The molecule has 0 fully saturated rings.